The van der Waals surface area contributed by atoms with E-state index >= 15 is 0 Å². The molecule has 3 aliphatic rings. The maximum absolute atomic E-state index is 13.7. The first-order valence-corrected chi connectivity index (χ1v) is 16.3. The van der Waals surface area contributed by atoms with Crippen LogP contribution in [0.25, 0.3) is 0 Å². The van der Waals surface area contributed by atoms with Crippen molar-refractivity contribution in [2.45, 2.75) is 72.1 Å². The molecule has 0 aromatic heterocycles. The van der Waals surface area contributed by atoms with Gasteiger partial charge in [-0.1, -0.05) is 52.2 Å². The molecule has 10 heteroatoms. The Morgan fingerprint density at radius 3 is 2.42 bits per heavy atom. The van der Waals surface area contributed by atoms with Crippen LogP contribution in [0.5, 0.6) is 0 Å². The molecule has 3 heterocycles. The lowest BCUT2D eigenvalue weighted by atomic mass is 9.66. The van der Waals surface area contributed by atoms with Gasteiger partial charge in [-0.2, -0.15) is 4.99 Å². The summed E-state index contributed by atoms with van der Waals surface area (Å²) in [7, 11) is 0.976. The van der Waals surface area contributed by atoms with E-state index in [2.05, 4.69) is 58.1 Å². The SMILES string of the molecule is C=CCOC(=O)N=C1CC[C@@H](C=C(C)C2=C(C(=O)OCC=C)N3C(=O)[C@@H]([C@@H](CO[Si](C)C)C(C)(C)C)[C@H]3C2)N1C. The fourth-order valence-corrected chi connectivity index (χ4v) is 6.21. The maximum atomic E-state index is 13.7. The summed E-state index contributed by atoms with van der Waals surface area (Å²) in [4.78, 5) is 46.6. The van der Waals surface area contributed by atoms with E-state index in [9.17, 15) is 14.4 Å². The van der Waals surface area contributed by atoms with Crippen molar-refractivity contribution < 1.29 is 28.3 Å². The van der Waals surface area contributed by atoms with Crippen molar-refractivity contribution in [1.82, 2.24) is 9.80 Å². The molecule has 3 aliphatic heterocycles. The first-order chi connectivity index (χ1) is 18.8. The van der Waals surface area contributed by atoms with Crippen LogP contribution in [0.15, 0.2) is 53.2 Å². The van der Waals surface area contributed by atoms with E-state index < -0.39 is 21.1 Å². The number of amidine groups is 1. The Labute approximate surface area is 240 Å². The van der Waals surface area contributed by atoms with Crippen molar-refractivity contribution in [1.29, 1.82) is 0 Å². The first kappa shape index (κ1) is 31.5. The van der Waals surface area contributed by atoms with Crippen LogP contribution in [0.2, 0.25) is 13.1 Å². The van der Waals surface area contributed by atoms with Gasteiger partial charge < -0.3 is 23.7 Å². The minimum absolute atomic E-state index is 0.0194. The molecule has 2 saturated heterocycles. The van der Waals surface area contributed by atoms with Crippen LogP contribution in [0.3, 0.4) is 0 Å². The van der Waals surface area contributed by atoms with Gasteiger partial charge in [-0.25, -0.2) is 9.59 Å². The monoisotopic (exact) mass is 570 g/mol. The van der Waals surface area contributed by atoms with Crippen molar-refractivity contribution in [2.75, 3.05) is 26.9 Å². The van der Waals surface area contributed by atoms with E-state index in [1.54, 1.807) is 4.90 Å². The van der Waals surface area contributed by atoms with Gasteiger partial charge in [0.05, 0.1) is 12.0 Å². The van der Waals surface area contributed by atoms with Gasteiger partial charge in [0.25, 0.3) is 0 Å². The molecule has 9 nitrogen and oxygen atoms in total. The molecule has 3 rings (SSSR count). The fourth-order valence-electron chi connectivity index (χ4n) is 5.70. The topological polar surface area (TPSA) is 97.7 Å². The molecule has 1 radical (unpaired) electrons. The van der Waals surface area contributed by atoms with E-state index in [4.69, 9.17) is 13.9 Å². The Morgan fingerprint density at radius 2 is 1.82 bits per heavy atom. The van der Waals surface area contributed by atoms with E-state index in [0.29, 0.717) is 31.0 Å². The number of likely N-dealkylation sites (tertiary alicyclic amines) is 1. The van der Waals surface area contributed by atoms with Crippen molar-refractivity contribution >= 4 is 32.8 Å². The number of aliphatic imine (C=N–C) groups is 1. The minimum Gasteiger partial charge on any atom is -0.457 e. The average Bonchev–Trinajstić information content (AvgIpc) is 3.41. The third-order valence-corrected chi connectivity index (χ3v) is 8.61. The normalized spacial score (nSPS) is 24.8. The average molecular weight is 571 g/mol. The molecule has 2 fully saturated rings. The molecule has 4 atom stereocenters. The number of likely N-dealkylation sites (N-methyl/N-ethyl adjacent to an activating group) is 1. The van der Waals surface area contributed by atoms with Crippen molar-refractivity contribution in [3.63, 3.8) is 0 Å². The van der Waals surface area contributed by atoms with Crippen LogP contribution in [0.4, 0.5) is 4.79 Å². The van der Waals surface area contributed by atoms with Gasteiger partial charge in [-0.05, 0) is 55.3 Å². The predicted octanol–water partition coefficient (Wildman–Crippen LogP) is 4.89. The second kappa shape index (κ2) is 13.1. The number of amides is 2. The van der Waals surface area contributed by atoms with Gasteiger partial charge in [0.2, 0.25) is 14.9 Å². The Bertz CT molecular complexity index is 1120. The molecule has 0 N–H and O–H groups in total. The Kier molecular flexibility index (Phi) is 10.3. The summed E-state index contributed by atoms with van der Waals surface area (Å²) in [5.74, 6) is -0.124. The standard InChI is InChI=1S/C30H44N3O6Si/c1-10-14-37-28(35)26-21(19(3)16-20-12-13-24(32(20)7)31-29(36)38-15-11-2)17-23-25(27(34)33(23)26)22(30(4,5)6)18-39-40(8)9/h10-11,16,20,22-23,25H,1-2,12-15,17-18H2,3-9H3/t20-,22+,23+,25-/m0/s1. The number of hydrogen-bond donors (Lipinski definition) is 0. The molecule has 0 spiro atoms. The summed E-state index contributed by atoms with van der Waals surface area (Å²) in [5.41, 5.74) is 1.92. The highest BCUT2D eigenvalue weighted by Gasteiger charge is 2.59. The zero-order chi connectivity index (χ0) is 29.8. The summed E-state index contributed by atoms with van der Waals surface area (Å²) in [6, 6.07) is -0.138. The highest BCUT2D eigenvalue weighted by molar-refractivity contribution is 6.48. The Morgan fingerprint density at radius 1 is 1.18 bits per heavy atom. The van der Waals surface area contributed by atoms with Crippen LogP contribution >= 0.6 is 0 Å². The van der Waals surface area contributed by atoms with Gasteiger partial charge in [-0.3, -0.25) is 4.79 Å². The van der Waals surface area contributed by atoms with E-state index in [0.717, 1.165) is 17.6 Å². The molecular formula is C30H44N3O6Si. The molecule has 0 aromatic rings. The van der Waals surface area contributed by atoms with E-state index in [1.807, 2.05) is 18.9 Å². The van der Waals surface area contributed by atoms with E-state index in [-0.39, 0.29) is 48.5 Å². The largest absolute Gasteiger partial charge is 0.457 e. The number of carbonyl (C=O) groups is 3. The van der Waals surface area contributed by atoms with Gasteiger partial charge in [0.1, 0.15) is 24.7 Å². The number of β-lactam (4-membered cyclic amide) rings is 1. The Balaban J connectivity index is 1.89. The lowest BCUT2D eigenvalue weighted by Gasteiger charge is -2.50. The van der Waals surface area contributed by atoms with Crippen LogP contribution in [0.1, 0.15) is 47.0 Å². The van der Waals surface area contributed by atoms with Gasteiger partial charge in [0.15, 0.2) is 0 Å². The van der Waals surface area contributed by atoms with E-state index in [1.165, 1.54) is 12.2 Å². The zero-order valence-corrected chi connectivity index (χ0v) is 26.0. The highest BCUT2D eigenvalue weighted by atomic mass is 28.3. The molecule has 0 saturated carbocycles. The summed E-state index contributed by atoms with van der Waals surface area (Å²) in [6.45, 7) is 20.5. The number of allylic oxidation sites excluding steroid dienone is 1. The molecule has 40 heavy (non-hydrogen) atoms. The van der Waals surface area contributed by atoms with Crippen molar-refractivity contribution in [3.8, 4) is 0 Å². The molecule has 0 bridgehead atoms. The Hall–Kier alpha value is -2.98. The van der Waals surface area contributed by atoms with Crippen LogP contribution in [-0.4, -0.2) is 81.6 Å². The summed E-state index contributed by atoms with van der Waals surface area (Å²) in [5, 5.41) is 0. The minimum atomic E-state index is -0.914. The number of fused-ring (bicyclic) bond motifs is 1. The molecule has 0 aliphatic carbocycles. The van der Waals surface area contributed by atoms with Crippen LogP contribution < -0.4 is 0 Å². The van der Waals surface area contributed by atoms with Gasteiger partial charge >= 0.3 is 12.1 Å². The quantitative estimate of drug-likeness (QED) is 0.151. The molecule has 2 amide bonds. The number of rotatable bonds is 11. The van der Waals surface area contributed by atoms with Crippen molar-refractivity contribution in [3.05, 3.63) is 48.2 Å². The van der Waals surface area contributed by atoms with Crippen LogP contribution in [0, 0.1) is 17.3 Å². The number of esters is 1. The molecular weight excluding hydrogens is 526 g/mol. The highest BCUT2D eigenvalue weighted by Crippen LogP contribution is 2.51. The fraction of sp³-hybridized carbons (Fsp3) is 0.600. The van der Waals surface area contributed by atoms with Gasteiger partial charge in [0, 0.05) is 26.1 Å². The van der Waals surface area contributed by atoms with Crippen molar-refractivity contribution in [2.24, 2.45) is 22.2 Å². The molecule has 0 unspecified atom stereocenters. The maximum Gasteiger partial charge on any atom is 0.435 e. The zero-order valence-electron chi connectivity index (χ0n) is 25.0. The third-order valence-electron chi connectivity index (χ3n) is 7.86. The smallest absolute Gasteiger partial charge is 0.435 e. The number of hydrogen-bond acceptors (Lipinski definition) is 6. The number of nitrogens with zero attached hydrogens (tertiary/aromatic N) is 3. The third kappa shape index (κ3) is 6.83. The molecule has 219 valence electrons. The second-order valence-corrected chi connectivity index (χ2v) is 14.0. The van der Waals surface area contributed by atoms with Gasteiger partial charge in [-0.15, -0.1) is 0 Å². The summed E-state index contributed by atoms with van der Waals surface area (Å²) >= 11 is 0. The lowest BCUT2D eigenvalue weighted by molar-refractivity contribution is -0.163. The summed E-state index contributed by atoms with van der Waals surface area (Å²) in [6.07, 6.45) is 6.43. The predicted molar refractivity (Wildman–Crippen MR) is 157 cm³/mol. The lowest BCUT2D eigenvalue weighted by Crippen LogP contribution is -2.63. The first-order valence-electron chi connectivity index (χ1n) is 13.9. The number of ether oxygens (including phenoxy) is 2. The molecule has 0 aromatic carbocycles. The second-order valence-electron chi connectivity index (χ2n) is 11.9. The van der Waals surface area contributed by atoms with Crippen LogP contribution in [-0.2, 0) is 23.5 Å². The number of carbonyl (C=O) groups excluding carboxylic acids is 3. The summed E-state index contributed by atoms with van der Waals surface area (Å²) < 4.78 is 16.5.